The van der Waals surface area contributed by atoms with Crippen LogP contribution in [0.2, 0.25) is 5.02 Å². The predicted molar refractivity (Wildman–Crippen MR) is 107 cm³/mol. The van der Waals surface area contributed by atoms with Crippen LogP contribution in [-0.4, -0.2) is 10.8 Å². The zero-order valence-electron chi connectivity index (χ0n) is 15.2. The van der Waals surface area contributed by atoms with Crippen molar-refractivity contribution < 1.29 is 22.4 Å². The Balaban J connectivity index is 2.07. The van der Waals surface area contributed by atoms with Gasteiger partial charge in [-0.25, -0.2) is 4.39 Å². The fourth-order valence-electron chi connectivity index (χ4n) is 3.33. The van der Waals surface area contributed by atoms with Gasteiger partial charge in [0.05, 0.1) is 16.1 Å². The summed E-state index contributed by atoms with van der Waals surface area (Å²) in [6.45, 7) is 0. The van der Waals surface area contributed by atoms with E-state index in [1.807, 2.05) is 0 Å². The van der Waals surface area contributed by atoms with Crippen LogP contribution in [0.15, 0.2) is 72.9 Å². The van der Waals surface area contributed by atoms with Crippen molar-refractivity contribution in [3.63, 3.8) is 0 Å². The monoisotopic (exact) mass is 429 g/mol. The van der Waals surface area contributed by atoms with Crippen molar-refractivity contribution in [3.8, 4) is 11.1 Å². The molecular formula is C23H12ClF4NO. The molecule has 3 aromatic carbocycles. The third kappa shape index (κ3) is 3.55. The summed E-state index contributed by atoms with van der Waals surface area (Å²) in [5, 5.41) is -0.0863. The van der Waals surface area contributed by atoms with E-state index in [4.69, 9.17) is 11.6 Å². The van der Waals surface area contributed by atoms with E-state index in [0.717, 1.165) is 18.3 Å². The average Bonchev–Trinajstić information content (AvgIpc) is 2.74. The Kier molecular flexibility index (Phi) is 5.03. The maximum Gasteiger partial charge on any atom is 0.418 e. The lowest BCUT2D eigenvalue weighted by atomic mass is 9.91. The Labute approximate surface area is 173 Å². The minimum absolute atomic E-state index is 0.0932. The van der Waals surface area contributed by atoms with E-state index in [0.29, 0.717) is 11.1 Å². The van der Waals surface area contributed by atoms with Crippen LogP contribution in [0.25, 0.3) is 22.0 Å². The number of pyridine rings is 1. The van der Waals surface area contributed by atoms with Gasteiger partial charge in [0.15, 0.2) is 5.78 Å². The van der Waals surface area contributed by atoms with Crippen molar-refractivity contribution in [2.24, 2.45) is 0 Å². The predicted octanol–water partition coefficient (Wildman–Crippen LogP) is 6.94. The third-order valence-electron chi connectivity index (χ3n) is 4.69. The van der Waals surface area contributed by atoms with Gasteiger partial charge in [-0.15, -0.1) is 0 Å². The second-order valence-corrected chi connectivity index (χ2v) is 6.98. The van der Waals surface area contributed by atoms with Gasteiger partial charge < -0.3 is 0 Å². The topological polar surface area (TPSA) is 30.0 Å². The molecule has 0 fully saturated rings. The van der Waals surface area contributed by atoms with Gasteiger partial charge in [-0.2, -0.15) is 13.2 Å². The summed E-state index contributed by atoms with van der Waals surface area (Å²) in [4.78, 5) is 17.1. The van der Waals surface area contributed by atoms with Gasteiger partial charge >= 0.3 is 6.18 Å². The molecule has 4 rings (SSSR count). The first-order valence-electron chi connectivity index (χ1n) is 8.81. The van der Waals surface area contributed by atoms with Crippen molar-refractivity contribution in [3.05, 3.63) is 100 Å². The maximum absolute atomic E-state index is 13.7. The van der Waals surface area contributed by atoms with Gasteiger partial charge in [0.1, 0.15) is 5.82 Å². The molecule has 0 unspecified atom stereocenters. The number of carbonyl (C=O) groups is 1. The van der Waals surface area contributed by atoms with Gasteiger partial charge in [-0.3, -0.25) is 9.78 Å². The zero-order chi connectivity index (χ0) is 21.5. The second kappa shape index (κ2) is 7.54. The lowest BCUT2D eigenvalue weighted by Crippen LogP contribution is -2.09. The highest BCUT2D eigenvalue weighted by Crippen LogP contribution is 2.39. The Morgan fingerprint density at radius 1 is 0.933 bits per heavy atom. The fraction of sp³-hybridized carbons (Fsp3) is 0.0435. The molecule has 0 bridgehead atoms. The molecule has 0 radical (unpaired) electrons. The number of rotatable bonds is 3. The number of halogens is 5. The van der Waals surface area contributed by atoms with Crippen LogP contribution in [-0.2, 0) is 6.18 Å². The summed E-state index contributed by atoms with van der Waals surface area (Å²) < 4.78 is 54.3. The van der Waals surface area contributed by atoms with Crippen LogP contribution >= 0.6 is 11.6 Å². The van der Waals surface area contributed by atoms with Gasteiger partial charge in [0.2, 0.25) is 0 Å². The number of benzene rings is 3. The van der Waals surface area contributed by atoms with Gasteiger partial charge in [0, 0.05) is 28.3 Å². The Hall–Kier alpha value is -3.25. The molecule has 7 heteroatoms. The summed E-state index contributed by atoms with van der Waals surface area (Å²) in [6.07, 6.45) is -3.51. The number of nitrogens with zero attached hydrogens (tertiary/aromatic N) is 1. The standard InChI is InChI=1S/C23H12ClF4NO/c24-18-11-14(9-10-19(18)25)20-15-7-4-8-17(23(26,27)28)21(15)29-12-16(20)22(30)13-5-2-1-3-6-13/h1-12H. The Morgan fingerprint density at radius 2 is 1.67 bits per heavy atom. The molecule has 0 saturated carbocycles. The van der Waals surface area contributed by atoms with Crippen molar-refractivity contribution in [1.82, 2.24) is 4.98 Å². The molecule has 0 saturated heterocycles. The SMILES string of the molecule is O=C(c1ccccc1)c1cnc2c(C(F)(F)F)cccc2c1-c1ccc(F)c(Cl)c1. The quantitative estimate of drug-likeness (QED) is 0.261. The van der Waals surface area contributed by atoms with Crippen molar-refractivity contribution in [2.75, 3.05) is 0 Å². The first-order chi connectivity index (χ1) is 14.3. The molecule has 0 atom stereocenters. The lowest BCUT2D eigenvalue weighted by molar-refractivity contribution is -0.136. The number of fused-ring (bicyclic) bond motifs is 1. The molecule has 0 aliphatic carbocycles. The molecule has 1 aromatic heterocycles. The molecule has 0 aliphatic rings. The smallest absolute Gasteiger partial charge is 0.289 e. The first kappa shape index (κ1) is 20.0. The number of para-hydroxylation sites is 1. The maximum atomic E-state index is 13.7. The van der Waals surface area contributed by atoms with Gasteiger partial charge in [-0.05, 0) is 23.8 Å². The average molecular weight is 430 g/mol. The van der Waals surface area contributed by atoms with Crippen LogP contribution in [0.1, 0.15) is 21.5 Å². The molecule has 4 aromatic rings. The number of hydrogen-bond acceptors (Lipinski definition) is 2. The van der Waals surface area contributed by atoms with Crippen LogP contribution in [0, 0.1) is 5.82 Å². The minimum Gasteiger partial charge on any atom is -0.289 e. The van der Waals surface area contributed by atoms with Gasteiger partial charge in [0.25, 0.3) is 0 Å². The van der Waals surface area contributed by atoms with Crippen LogP contribution < -0.4 is 0 Å². The first-order valence-corrected chi connectivity index (χ1v) is 9.19. The summed E-state index contributed by atoms with van der Waals surface area (Å²) in [7, 11) is 0. The molecular weight excluding hydrogens is 418 g/mol. The van der Waals surface area contributed by atoms with E-state index in [9.17, 15) is 22.4 Å². The second-order valence-electron chi connectivity index (χ2n) is 6.57. The number of hydrogen-bond donors (Lipinski definition) is 0. The molecule has 30 heavy (non-hydrogen) atoms. The van der Waals surface area contributed by atoms with Crippen molar-refractivity contribution in [1.29, 1.82) is 0 Å². The molecule has 1 heterocycles. The fourth-order valence-corrected chi connectivity index (χ4v) is 3.51. The van der Waals surface area contributed by atoms with Crippen LogP contribution in [0.4, 0.5) is 17.6 Å². The van der Waals surface area contributed by atoms with E-state index in [1.165, 1.54) is 24.3 Å². The highest BCUT2D eigenvalue weighted by Gasteiger charge is 2.34. The highest BCUT2D eigenvalue weighted by molar-refractivity contribution is 6.31. The van der Waals surface area contributed by atoms with Gasteiger partial charge in [-0.1, -0.05) is 60.1 Å². The minimum atomic E-state index is -4.63. The summed E-state index contributed by atoms with van der Waals surface area (Å²) in [5.74, 6) is -1.09. The van der Waals surface area contributed by atoms with E-state index in [1.54, 1.807) is 30.3 Å². The van der Waals surface area contributed by atoms with Crippen LogP contribution in [0.3, 0.4) is 0 Å². The zero-order valence-corrected chi connectivity index (χ0v) is 15.9. The van der Waals surface area contributed by atoms with E-state index in [-0.39, 0.29) is 27.1 Å². The van der Waals surface area contributed by atoms with E-state index in [2.05, 4.69) is 4.98 Å². The largest absolute Gasteiger partial charge is 0.418 e. The molecule has 150 valence electrons. The highest BCUT2D eigenvalue weighted by atomic mass is 35.5. The molecule has 0 spiro atoms. The molecule has 2 nitrogen and oxygen atoms in total. The number of ketones is 1. The van der Waals surface area contributed by atoms with Crippen molar-refractivity contribution in [2.45, 2.75) is 6.18 Å². The summed E-state index contributed by atoms with van der Waals surface area (Å²) in [6, 6.07) is 15.7. The van der Waals surface area contributed by atoms with E-state index < -0.39 is 23.3 Å². The Morgan fingerprint density at radius 3 is 2.33 bits per heavy atom. The molecule has 0 amide bonds. The Bertz CT molecular complexity index is 1270. The molecule has 0 aliphatic heterocycles. The number of carbonyl (C=O) groups excluding carboxylic acids is 1. The number of aromatic nitrogens is 1. The van der Waals surface area contributed by atoms with E-state index >= 15 is 0 Å². The number of alkyl halides is 3. The van der Waals surface area contributed by atoms with Crippen molar-refractivity contribution >= 4 is 28.3 Å². The van der Waals surface area contributed by atoms with Crippen LogP contribution in [0.5, 0.6) is 0 Å². The lowest BCUT2D eigenvalue weighted by Gasteiger charge is -2.16. The summed E-state index contributed by atoms with van der Waals surface area (Å²) >= 11 is 5.91. The normalized spacial score (nSPS) is 11.6. The summed E-state index contributed by atoms with van der Waals surface area (Å²) in [5.41, 5.74) is -0.261. The third-order valence-corrected chi connectivity index (χ3v) is 4.98. The molecule has 0 N–H and O–H groups in total.